The van der Waals surface area contributed by atoms with Crippen LogP contribution in [-0.4, -0.2) is 237 Å². The van der Waals surface area contributed by atoms with Crippen molar-refractivity contribution in [3.63, 3.8) is 0 Å². The molecule has 9 aromatic heterocycles. The fourth-order valence-electron chi connectivity index (χ4n) is 11.2. The number of nitrogens with one attached hydrogen (secondary N) is 6. The van der Waals surface area contributed by atoms with E-state index in [2.05, 4.69) is 121 Å². The van der Waals surface area contributed by atoms with Crippen LogP contribution in [0.5, 0.6) is 0 Å². The number of thioether (sulfide) groups is 2. The maximum atomic E-state index is 12.8. The van der Waals surface area contributed by atoms with E-state index in [1.165, 1.54) is 32.1 Å². The Labute approximate surface area is 936 Å². The second-order valence-electron chi connectivity index (χ2n) is 28.9. The molecule has 0 saturated heterocycles. The molecule has 0 aliphatic heterocycles. The van der Waals surface area contributed by atoms with Crippen molar-refractivity contribution in [2.75, 3.05) is 41.4 Å². The molecule has 2 unspecified atom stereocenters. The molecule has 0 saturated carbocycles. The molecule has 0 aliphatic rings. The number of benzene rings is 4. The van der Waals surface area contributed by atoms with Gasteiger partial charge in [0.25, 0.3) is 16.9 Å². The van der Waals surface area contributed by atoms with E-state index in [1.807, 2.05) is 34.6 Å². The number of anilines is 1. The van der Waals surface area contributed by atoms with Gasteiger partial charge in [0, 0.05) is 99.2 Å². The average Bonchev–Trinajstić information content (AvgIpc) is 1.61. The number of hydrogen-bond donors (Lipinski definition) is 8. The Kier molecular flexibility index (Phi) is 45.3. The molecular formula is C69H65N27Na6O25S11. The van der Waals surface area contributed by atoms with Gasteiger partial charge in [-0.2, -0.15) is 23.2 Å². The Morgan fingerprint density at radius 2 is 1.06 bits per heavy atom. The zero-order valence-corrected chi connectivity index (χ0v) is 95.6. The molecule has 698 valence electrons. The van der Waals surface area contributed by atoms with E-state index in [0.717, 1.165) is 57.9 Å². The molecule has 69 heteroatoms. The van der Waals surface area contributed by atoms with Gasteiger partial charge in [-0.1, -0.05) is 102 Å². The van der Waals surface area contributed by atoms with Gasteiger partial charge in [-0.25, -0.2) is 79.5 Å². The SMILES string of the molecule is CC(C)c1[nH]n2nc(C(C)CNC(=O)c3cc(S(=O)(=O)[O-])cc(S(=O)(=O)[O-])c3)nc2c1N=Nc1nc(SCCS(=O)(=O)[O-])ns1.CC(CNC(=O)CCC(=O)O)c1nc2c(N=Nc3nnc(SCCS(=O)(=O)[O-])s3)c(-c3ccccc3C(=O)O)[nH]n2n1.[C-]#[N+]c1c(C)nsc1N=Nc1c(C(C)(C)C)[nH]n2nc(-c3ccc(NC(=O)c4cc(S(=O)(=O)[O-])cc(S(=O)(=O)[O-])c4)cc3)nc12.[Na+].[Na+].[Na+].[Na+].[Na+].[Na+]. The summed E-state index contributed by atoms with van der Waals surface area (Å²) < 4.78 is 215. The number of azo groups is 3. The van der Waals surface area contributed by atoms with Crippen molar-refractivity contribution in [2.45, 2.75) is 120 Å². The van der Waals surface area contributed by atoms with E-state index in [4.69, 9.17) is 11.7 Å². The predicted molar refractivity (Wildman–Crippen MR) is 460 cm³/mol. The molecule has 2 atom stereocenters. The predicted octanol–water partition coefficient (Wildman–Crippen LogP) is -9.32. The minimum Gasteiger partial charge on any atom is -0.748 e. The van der Waals surface area contributed by atoms with E-state index in [0.29, 0.717) is 108 Å². The van der Waals surface area contributed by atoms with Gasteiger partial charge in [0.05, 0.1) is 81.2 Å². The summed E-state index contributed by atoms with van der Waals surface area (Å²) in [6, 6.07) is 15.8. The number of nitrogens with zero attached hydrogens (tertiary/aromatic N) is 21. The van der Waals surface area contributed by atoms with Crippen LogP contribution >= 0.6 is 57.9 Å². The van der Waals surface area contributed by atoms with Crippen LogP contribution in [0, 0.1) is 13.5 Å². The molecule has 0 fully saturated rings. The van der Waals surface area contributed by atoms with Crippen LogP contribution in [0.1, 0.15) is 139 Å². The number of aromatic amines is 3. The first-order chi connectivity index (χ1) is 61.7. The number of amides is 3. The monoisotopic (exact) mass is 2160 g/mol. The first kappa shape index (κ1) is 122. The summed E-state index contributed by atoms with van der Waals surface area (Å²) in [6.07, 6.45) is -0.461. The largest absolute Gasteiger partial charge is 1.00 e. The van der Waals surface area contributed by atoms with Crippen molar-refractivity contribution in [1.82, 2.24) is 94.0 Å². The zero-order chi connectivity index (χ0) is 96.7. The number of carbonyl (C=O) groups excluding carboxylic acids is 3. The van der Waals surface area contributed by atoms with Gasteiger partial charge in [0.15, 0.2) is 43.9 Å². The number of carboxylic acid groups (broad SMARTS) is 2. The number of aryl methyl sites for hydroxylation is 1. The number of carbonyl (C=O) groups is 5. The van der Waals surface area contributed by atoms with Gasteiger partial charge in [-0.05, 0) is 91.1 Å². The van der Waals surface area contributed by atoms with Crippen LogP contribution < -0.4 is 193 Å². The van der Waals surface area contributed by atoms with Crippen LogP contribution in [0.15, 0.2) is 145 Å². The first-order valence-electron chi connectivity index (χ1n) is 37.2. The quantitative estimate of drug-likeness (QED) is 0.00610. The van der Waals surface area contributed by atoms with E-state index >= 15 is 0 Å². The Balaban J connectivity index is 0.000000358. The van der Waals surface area contributed by atoms with Crippen molar-refractivity contribution >= 4 is 209 Å². The number of aromatic carboxylic acids is 1. The molecule has 3 amide bonds. The third kappa shape index (κ3) is 33.3. The van der Waals surface area contributed by atoms with E-state index in [9.17, 15) is 107 Å². The Morgan fingerprint density at radius 3 is 1.59 bits per heavy atom. The number of fused-ring (bicyclic) bond motifs is 3. The normalized spacial score (nSPS) is 12.4. The van der Waals surface area contributed by atoms with Crippen LogP contribution in [0.2, 0.25) is 0 Å². The molecule has 0 aliphatic carbocycles. The molecule has 0 bridgehead atoms. The molecule has 138 heavy (non-hydrogen) atoms. The fraction of sp³-hybridized carbons (Fsp3) is 0.290. The minimum absolute atomic E-state index is 0. The van der Waals surface area contributed by atoms with Gasteiger partial charge in [-0.3, -0.25) is 34.5 Å². The standard InChI is InChI=1S/C26H23N9O7S3.C22H23N9O8S3.C21H25N9O10S5.6Na/c1-13-19(27-5)25(43-34-13)31-30-20-21(26(2,3)4)32-35-23(20)29-22(33-35)14-6-8-16(9-7-14)28-24(36)15-10-17(44(37,38)39)12-18(11-15)45(40,41)42;1-11(10-23-14(32)6-7-15(33)34)18-24-19-17(25-26-21-27-28-22(41-21)40-8-9-42(37,38)39)16(29-31(19)30-18)12-4-2-3-5-13(12)20(35)36;1-10(2)15-16(25-26-20-24-21(29-42-20)41-4-5-43(32,33)34)18-23-17(28-30(18)27-15)11(3)9-22-19(31)12-6-13(44(35,36)37)8-14(7-12)45(38,39)40;;;;;;/h6-12,32H,1-4H3,(H,28,36)(H,37,38,39)(H,40,41,42);2-5,11,29H,6-10H2,1H3,(H,23,32)(H,33,34)(H,35,36)(H,37,38,39);6-8,10-11,27H,4-5,9H2,1-3H3,(H,22,31)(H,32,33,34)(H,35,36,37)(H,38,39,40);;;;;;/q;;;6*+1/p-6. The van der Waals surface area contributed by atoms with Gasteiger partial charge >= 0.3 is 189 Å². The number of hydrogen-bond acceptors (Lipinski definition) is 45. The maximum absolute atomic E-state index is 12.8. The van der Waals surface area contributed by atoms with Crippen LogP contribution in [0.3, 0.4) is 0 Å². The molecular weight excluding hydrogens is 2100 g/mol. The average molecular weight is 2160 g/mol. The number of carboxylic acids is 2. The second-order valence-corrected chi connectivity index (χ2v) is 42.3. The third-order valence-corrected chi connectivity index (χ3v) is 27.1. The molecule has 9 heterocycles. The summed E-state index contributed by atoms with van der Waals surface area (Å²) in [7, 11) is -29.4. The summed E-state index contributed by atoms with van der Waals surface area (Å²) in [6.45, 7) is 22.3. The topological polar surface area (TPSA) is 786 Å². The van der Waals surface area contributed by atoms with Gasteiger partial charge in [0.1, 0.15) is 40.5 Å². The molecule has 13 rings (SSSR count). The van der Waals surface area contributed by atoms with Crippen molar-refractivity contribution in [3.8, 4) is 22.6 Å². The van der Waals surface area contributed by atoms with E-state index < -0.39 is 139 Å². The summed E-state index contributed by atoms with van der Waals surface area (Å²) in [5, 5.41) is 82.6. The molecule has 13 aromatic rings. The zero-order valence-electron chi connectivity index (χ0n) is 74.6. The number of aliphatic carboxylic acids is 1. The first-order valence-corrected chi connectivity index (χ1v) is 50.3. The van der Waals surface area contributed by atoms with Gasteiger partial charge in [-0.15, -0.1) is 56.2 Å². The van der Waals surface area contributed by atoms with Gasteiger partial charge in [0.2, 0.25) is 38.8 Å². The smallest absolute Gasteiger partial charge is 0.748 e. The summed E-state index contributed by atoms with van der Waals surface area (Å²) in [4.78, 5) is 77.1. The molecule has 4 aromatic carbocycles. The van der Waals surface area contributed by atoms with Crippen molar-refractivity contribution < 1.29 is 289 Å². The van der Waals surface area contributed by atoms with Crippen molar-refractivity contribution in [1.29, 1.82) is 0 Å². The third-order valence-electron chi connectivity index (χ3n) is 17.6. The van der Waals surface area contributed by atoms with Gasteiger partial charge < -0.3 is 53.5 Å². The van der Waals surface area contributed by atoms with Crippen LogP contribution in [0.25, 0.3) is 44.4 Å². The number of aromatic nitrogens is 17. The Bertz CT molecular complexity index is 7460. The Hall–Kier alpha value is -6.53. The van der Waals surface area contributed by atoms with Crippen molar-refractivity contribution in [3.05, 3.63) is 142 Å². The summed E-state index contributed by atoms with van der Waals surface area (Å²) in [5.74, 6) is -5.91. The molecule has 0 radical (unpaired) electrons. The molecule has 8 N–H and O–H groups in total. The molecule has 52 nitrogen and oxygen atoms in total. The summed E-state index contributed by atoms with van der Waals surface area (Å²) in [5.41, 5.74) is 3.84. The van der Waals surface area contributed by atoms with Crippen LogP contribution in [0.4, 0.5) is 43.7 Å². The minimum atomic E-state index is -5.18. The van der Waals surface area contributed by atoms with Crippen molar-refractivity contribution in [2.24, 2.45) is 30.7 Å². The van der Waals surface area contributed by atoms with E-state index in [-0.39, 0.29) is 287 Å². The number of rotatable bonds is 34. The fourth-order valence-corrected chi connectivity index (χ4v) is 19.0. The Morgan fingerprint density at radius 1 is 0.558 bits per heavy atom. The summed E-state index contributed by atoms with van der Waals surface area (Å²) >= 11 is 4.98. The maximum Gasteiger partial charge on any atom is 1.00 e. The molecule has 0 spiro atoms. The second kappa shape index (κ2) is 51.3. The van der Waals surface area contributed by atoms with Crippen LogP contribution in [-0.2, 0) is 75.7 Å². The number of H-pyrrole nitrogens is 3. The van der Waals surface area contributed by atoms with E-state index in [1.54, 1.807) is 51.1 Å².